The summed E-state index contributed by atoms with van der Waals surface area (Å²) < 4.78 is 23.7. The van der Waals surface area contributed by atoms with Crippen LogP contribution in [-0.4, -0.2) is 73.4 Å². The number of phosphoric acid groups is 1. The lowest BCUT2D eigenvalue weighted by Gasteiger charge is -2.25. The van der Waals surface area contributed by atoms with Gasteiger partial charge in [-0.15, -0.1) is 0 Å². The summed E-state index contributed by atoms with van der Waals surface area (Å²) in [5.41, 5.74) is 0. The number of allylic oxidation sites excluding steroid dienone is 9. The Morgan fingerprint density at radius 2 is 0.892 bits per heavy atom. The van der Waals surface area contributed by atoms with E-state index in [-0.39, 0.29) is 19.1 Å². The highest BCUT2D eigenvalue weighted by Crippen LogP contribution is 2.43. The lowest BCUT2D eigenvalue weighted by atomic mass is 10.0. The van der Waals surface area contributed by atoms with Crippen molar-refractivity contribution < 1.29 is 32.9 Å². The summed E-state index contributed by atoms with van der Waals surface area (Å²) in [6, 6.07) is -0.873. The van der Waals surface area contributed by atoms with Gasteiger partial charge in [0.2, 0.25) is 5.91 Å². The molecule has 0 spiro atoms. The summed E-state index contributed by atoms with van der Waals surface area (Å²) in [6.45, 7) is 4.78. The van der Waals surface area contributed by atoms with E-state index in [0.29, 0.717) is 17.4 Å². The monoisotopic (exact) mass is 934 g/mol. The third-order valence-electron chi connectivity index (χ3n) is 12.0. The summed E-state index contributed by atoms with van der Waals surface area (Å²) >= 11 is 0. The van der Waals surface area contributed by atoms with E-state index in [4.69, 9.17) is 9.05 Å². The van der Waals surface area contributed by atoms with Gasteiger partial charge in [0.25, 0.3) is 0 Å². The van der Waals surface area contributed by atoms with Crippen molar-refractivity contribution in [3.8, 4) is 0 Å². The first-order chi connectivity index (χ1) is 31.5. The first-order valence-corrected chi connectivity index (χ1v) is 28.7. The number of aliphatic hydroxyl groups is 1. The number of rotatable bonds is 49. The van der Waals surface area contributed by atoms with Crippen molar-refractivity contribution in [1.82, 2.24) is 5.32 Å². The third kappa shape index (κ3) is 49.9. The molecule has 0 aliphatic carbocycles. The maximum atomic E-state index is 12.9. The number of phosphoric ester groups is 1. The lowest BCUT2D eigenvalue weighted by molar-refractivity contribution is -0.870. The number of nitrogens with zero attached hydrogens (tertiary/aromatic N) is 1. The highest BCUT2D eigenvalue weighted by molar-refractivity contribution is 7.47. The van der Waals surface area contributed by atoms with Gasteiger partial charge in [-0.2, -0.15) is 0 Å². The van der Waals surface area contributed by atoms with E-state index in [9.17, 15) is 19.4 Å². The van der Waals surface area contributed by atoms with Crippen LogP contribution in [-0.2, 0) is 18.4 Å². The van der Waals surface area contributed by atoms with E-state index in [0.717, 1.165) is 64.2 Å². The number of nitrogens with one attached hydrogen (secondary N) is 1. The second-order valence-corrected chi connectivity index (χ2v) is 21.0. The Kier molecular flexibility index (Phi) is 46.0. The van der Waals surface area contributed by atoms with Crippen LogP contribution in [0.15, 0.2) is 60.8 Å². The summed E-state index contributed by atoms with van der Waals surface area (Å²) in [4.78, 5) is 23.2. The van der Waals surface area contributed by atoms with Crippen LogP contribution in [0, 0.1) is 0 Å². The maximum absolute atomic E-state index is 12.9. The van der Waals surface area contributed by atoms with Crippen LogP contribution < -0.4 is 5.32 Å². The van der Waals surface area contributed by atoms with Crippen LogP contribution in [0.25, 0.3) is 0 Å². The number of aliphatic hydroxyl groups excluding tert-OH is 1. The van der Waals surface area contributed by atoms with E-state index in [2.05, 4.69) is 67.8 Å². The molecular weight excluding hydrogens is 828 g/mol. The second-order valence-electron chi connectivity index (χ2n) is 19.6. The predicted molar refractivity (Wildman–Crippen MR) is 281 cm³/mol. The van der Waals surface area contributed by atoms with Crippen molar-refractivity contribution in [3.05, 3.63) is 60.8 Å². The first kappa shape index (κ1) is 63.2. The van der Waals surface area contributed by atoms with E-state index in [1.54, 1.807) is 6.08 Å². The molecule has 380 valence electrons. The molecule has 0 heterocycles. The molecule has 0 aromatic heterocycles. The Balaban J connectivity index is 4.36. The molecule has 0 saturated heterocycles. The van der Waals surface area contributed by atoms with Gasteiger partial charge in [-0.05, 0) is 70.6 Å². The minimum Gasteiger partial charge on any atom is -0.387 e. The molecule has 9 heteroatoms. The van der Waals surface area contributed by atoms with Crippen LogP contribution in [0.2, 0.25) is 0 Å². The van der Waals surface area contributed by atoms with Gasteiger partial charge in [-0.1, -0.05) is 222 Å². The summed E-state index contributed by atoms with van der Waals surface area (Å²) in [7, 11) is 1.54. The minimum absolute atomic E-state index is 0.0513. The van der Waals surface area contributed by atoms with Gasteiger partial charge < -0.3 is 19.8 Å². The fourth-order valence-corrected chi connectivity index (χ4v) is 8.39. The Labute approximate surface area is 402 Å². The molecule has 0 aromatic rings. The average molecular weight is 934 g/mol. The van der Waals surface area contributed by atoms with E-state index < -0.39 is 20.0 Å². The average Bonchev–Trinajstić information content (AvgIpc) is 3.26. The van der Waals surface area contributed by atoms with Crippen molar-refractivity contribution in [2.75, 3.05) is 40.9 Å². The lowest BCUT2D eigenvalue weighted by Crippen LogP contribution is -2.45. The van der Waals surface area contributed by atoms with Crippen molar-refractivity contribution in [3.63, 3.8) is 0 Å². The Bertz CT molecular complexity index is 1240. The molecule has 0 saturated carbocycles. The molecule has 0 aliphatic rings. The SMILES string of the molecule is CCCCCCC/C=C\C/C=C\C/C=C\CCCCCCCCC(=O)NC(COP(=O)(O)OCC[N+](C)(C)C)C(O)/C=C/CC/C=C/CCCCCCCCCCCCCCCCCC. The minimum atomic E-state index is -4.36. The summed E-state index contributed by atoms with van der Waals surface area (Å²) in [6.07, 6.45) is 63.1. The Hall–Kier alpha value is -1.80. The maximum Gasteiger partial charge on any atom is 0.472 e. The van der Waals surface area contributed by atoms with Gasteiger partial charge in [0, 0.05) is 6.42 Å². The number of carbonyl (C=O) groups is 1. The molecule has 8 nitrogen and oxygen atoms in total. The fraction of sp³-hybridized carbons (Fsp3) is 0.804. The molecule has 1 amide bonds. The molecule has 3 unspecified atom stereocenters. The number of unbranched alkanes of at least 4 members (excludes halogenated alkanes) is 28. The van der Waals surface area contributed by atoms with Crippen molar-refractivity contribution in [1.29, 1.82) is 0 Å². The van der Waals surface area contributed by atoms with Gasteiger partial charge in [0.15, 0.2) is 0 Å². The highest BCUT2D eigenvalue weighted by atomic mass is 31.2. The largest absolute Gasteiger partial charge is 0.472 e. The van der Waals surface area contributed by atoms with Gasteiger partial charge in [0.05, 0.1) is 39.9 Å². The second kappa shape index (κ2) is 47.3. The Morgan fingerprint density at radius 3 is 1.34 bits per heavy atom. The van der Waals surface area contributed by atoms with Gasteiger partial charge >= 0.3 is 7.82 Å². The summed E-state index contributed by atoms with van der Waals surface area (Å²) in [5.74, 6) is -0.199. The molecule has 65 heavy (non-hydrogen) atoms. The van der Waals surface area contributed by atoms with E-state index >= 15 is 0 Å². The topological polar surface area (TPSA) is 105 Å². The smallest absolute Gasteiger partial charge is 0.387 e. The fourth-order valence-electron chi connectivity index (χ4n) is 7.65. The molecule has 0 fully saturated rings. The van der Waals surface area contributed by atoms with Gasteiger partial charge in [-0.25, -0.2) is 4.57 Å². The molecule has 3 atom stereocenters. The zero-order valence-electron chi connectivity index (χ0n) is 43.2. The third-order valence-corrected chi connectivity index (χ3v) is 12.9. The molecule has 0 aromatic carbocycles. The highest BCUT2D eigenvalue weighted by Gasteiger charge is 2.27. The van der Waals surface area contributed by atoms with Crippen LogP contribution in [0.3, 0.4) is 0 Å². The molecular formula is C56H106N2O6P+. The zero-order chi connectivity index (χ0) is 47.8. The van der Waals surface area contributed by atoms with E-state index in [1.165, 1.54) is 154 Å². The predicted octanol–water partition coefficient (Wildman–Crippen LogP) is 16.1. The number of likely N-dealkylation sites (N-methyl/N-ethyl adjacent to an activating group) is 1. The standard InChI is InChI=1S/C56H105N2O6P/c1-6-8-10-12-14-16-18-20-22-24-26-28-30-31-33-35-37-39-41-43-45-47-49-55(59)54(53-64-65(61,62)63-52-51-58(3,4)5)57-56(60)50-48-46-44-42-40-38-36-34-32-29-27-25-23-21-19-17-15-13-11-9-7-2/h19,21,25,27,32,34,39,41,47,49,54-55,59H,6-18,20,22-24,26,28-31,33,35-38,40,42-46,48,50-53H2,1-5H3,(H-,57,60,61,62)/p+1/b21-19-,27-25-,34-32-,41-39+,49-47+. The quantitative estimate of drug-likeness (QED) is 0.0243. The number of amides is 1. The van der Waals surface area contributed by atoms with Gasteiger partial charge in [-0.3, -0.25) is 13.8 Å². The molecule has 3 N–H and O–H groups in total. The normalized spacial score (nSPS) is 14.5. The van der Waals surface area contributed by atoms with Crippen LogP contribution in [0.5, 0.6) is 0 Å². The van der Waals surface area contributed by atoms with Gasteiger partial charge in [0.1, 0.15) is 13.2 Å². The molecule has 0 aliphatic heterocycles. The Morgan fingerprint density at radius 1 is 0.523 bits per heavy atom. The van der Waals surface area contributed by atoms with Crippen molar-refractivity contribution in [2.45, 2.75) is 251 Å². The first-order valence-electron chi connectivity index (χ1n) is 27.2. The van der Waals surface area contributed by atoms with E-state index in [1.807, 2.05) is 27.2 Å². The molecule has 0 rings (SSSR count). The van der Waals surface area contributed by atoms with Crippen molar-refractivity contribution >= 4 is 13.7 Å². The summed E-state index contributed by atoms with van der Waals surface area (Å²) in [5, 5.41) is 13.9. The molecule has 0 radical (unpaired) electrons. The molecule has 0 bridgehead atoms. The number of hydrogen-bond acceptors (Lipinski definition) is 5. The van der Waals surface area contributed by atoms with Crippen LogP contribution in [0.1, 0.15) is 239 Å². The zero-order valence-corrected chi connectivity index (χ0v) is 44.1. The van der Waals surface area contributed by atoms with Crippen LogP contribution >= 0.6 is 7.82 Å². The van der Waals surface area contributed by atoms with Crippen LogP contribution in [0.4, 0.5) is 0 Å². The van der Waals surface area contributed by atoms with Crippen molar-refractivity contribution in [2.24, 2.45) is 0 Å². The number of quaternary nitrogens is 1. The number of carbonyl (C=O) groups excluding carboxylic acids is 1. The number of hydrogen-bond donors (Lipinski definition) is 3.